The Morgan fingerprint density at radius 3 is 2.58 bits per heavy atom. The molecular formula is C13H13F4NO. The fraction of sp³-hybridized carbons (Fsp3) is 0.462. The van der Waals surface area contributed by atoms with E-state index < -0.39 is 23.3 Å². The topological polar surface area (TPSA) is 29.1 Å². The quantitative estimate of drug-likeness (QED) is 0.661. The Balaban J connectivity index is 2.04. The highest BCUT2D eigenvalue weighted by Crippen LogP contribution is 2.32. The minimum absolute atomic E-state index is 0.0283. The summed E-state index contributed by atoms with van der Waals surface area (Å²) >= 11 is 0. The fourth-order valence-corrected chi connectivity index (χ4v) is 1.73. The van der Waals surface area contributed by atoms with Crippen LogP contribution in [0.4, 0.5) is 17.6 Å². The second-order valence-corrected chi connectivity index (χ2v) is 4.69. The number of carbonyl (C=O) groups is 1. The maximum Gasteiger partial charge on any atom is 0.419 e. The van der Waals surface area contributed by atoms with Crippen LogP contribution in [-0.4, -0.2) is 18.9 Å². The number of nitrogens with one attached hydrogen (secondary N) is 1. The lowest BCUT2D eigenvalue weighted by atomic mass is 10.1. The van der Waals surface area contributed by atoms with Crippen LogP contribution in [0.1, 0.15) is 28.8 Å². The Kier molecular flexibility index (Phi) is 3.89. The van der Waals surface area contributed by atoms with Crippen molar-refractivity contribution in [2.45, 2.75) is 19.0 Å². The van der Waals surface area contributed by atoms with E-state index in [1.807, 2.05) is 0 Å². The second kappa shape index (κ2) is 5.28. The number of ketones is 1. The zero-order chi connectivity index (χ0) is 14.0. The molecule has 0 atom stereocenters. The molecule has 1 aromatic carbocycles. The zero-order valence-electron chi connectivity index (χ0n) is 10.1. The smallest absolute Gasteiger partial charge is 0.309 e. The van der Waals surface area contributed by atoms with Crippen LogP contribution in [0.3, 0.4) is 0 Å². The third kappa shape index (κ3) is 3.76. The normalized spacial score (nSPS) is 15.6. The number of hydrogen-bond donors (Lipinski definition) is 1. The molecule has 0 bridgehead atoms. The summed E-state index contributed by atoms with van der Waals surface area (Å²) in [5.41, 5.74) is -1.53. The van der Waals surface area contributed by atoms with Gasteiger partial charge in [0.15, 0.2) is 5.78 Å². The molecule has 1 aromatic rings. The van der Waals surface area contributed by atoms with Gasteiger partial charge in [-0.05, 0) is 43.5 Å². The average molecular weight is 275 g/mol. The molecule has 1 N–H and O–H groups in total. The number of alkyl halides is 3. The Hall–Kier alpha value is -1.43. The van der Waals surface area contributed by atoms with E-state index >= 15 is 0 Å². The molecule has 0 unspecified atom stereocenters. The molecule has 1 aliphatic carbocycles. The molecule has 0 radical (unpaired) electrons. The SMILES string of the molecule is O=C(CNCC1CC1)c1ccc(F)c(C(F)(F)F)c1. The molecule has 2 rings (SSSR count). The van der Waals surface area contributed by atoms with Crippen LogP contribution in [-0.2, 0) is 6.18 Å². The van der Waals surface area contributed by atoms with Gasteiger partial charge in [0.25, 0.3) is 0 Å². The van der Waals surface area contributed by atoms with Gasteiger partial charge in [-0.25, -0.2) is 4.39 Å². The number of benzene rings is 1. The summed E-state index contributed by atoms with van der Waals surface area (Å²) in [7, 11) is 0. The van der Waals surface area contributed by atoms with Gasteiger partial charge in [-0.3, -0.25) is 4.79 Å². The minimum atomic E-state index is -4.79. The summed E-state index contributed by atoms with van der Waals surface area (Å²) in [4.78, 5) is 11.7. The van der Waals surface area contributed by atoms with E-state index in [1.165, 1.54) is 0 Å². The van der Waals surface area contributed by atoms with Crippen molar-refractivity contribution < 1.29 is 22.4 Å². The number of carbonyl (C=O) groups excluding carboxylic acids is 1. The molecule has 2 nitrogen and oxygen atoms in total. The Morgan fingerprint density at radius 2 is 2.00 bits per heavy atom. The maximum atomic E-state index is 13.0. The van der Waals surface area contributed by atoms with E-state index in [1.54, 1.807) is 0 Å². The first kappa shape index (κ1) is 14.0. The van der Waals surface area contributed by atoms with Gasteiger partial charge in [-0.15, -0.1) is 0 Å². The molecule has 0 heterocycles. The summed E-state index contributed by atoms with van der Waals surface area (Å²) in [6, 6.07) is 2.32. The first-order valence-electron chi connectivity index (χ1n) is 5.98. The third-order valence-corrected chi connectivity index (χ3v) is 3.01. The molecule has 1 aliphatic rings. The van der Waals surface area contributed by atoms with E-state index in [0.29, 0.717) is 24.6 Å². The average Bonchev–Trinajstić information content (AvgIpc) is 3.12. The van der Waals surface area contributed by atoms with Crippen LogP contribution in [0, 0.1) is 11.7 Å². The molecule has 1 saturated carbocycles. The van der Waals surface area contributed by atoms with Gasteiger partial charge in [0.2, 0.25) is 0 Å². The molecule has 0 amide bonds. The molecule has 0 aromatic heterocycles. The predicted octanol–water partition coefficient (Wildman–Crippen LogP) is 3.03. The molecule has 0 aliphatic heterocycles. The van der Waals surface area contributed by atoms with Gasteiger partial charge < -0.3 is 5.32 Å². The van der Waals surface area contributed by atoms with Crippen molar-refractivity contribution >= 4 is 5.78 Å². The summed E-state index contributed by atoms with van der Waals surface area (Å²) in [5.74, 6) is -1.26. The molecule has 6 heteroatoms. The monoisotopic (exact) mass is 275 g/mol. The lowest BCUT2D eigenvalue weighted by Gasteiger charge is -2.10. The Morgan fingerprint density at radius 1 is 1.32 bits per heavy atom. The van der Waals surface area contributed by atoms with E-state index in [4.69, 9.17) is 0 Å². The largest absolute Gasteiger partial charge is 0.419 e. The van der Waals surface area contributed by atoms with Gasteiger partial charge in [0.1, 0.15) is 5.82 Å². The Bertz CT molecular complexity index is 480. The second-order valence-electron chi connectivity index (χ2n) is 4.69. The van der Waals surface area contributed by atoms with Crippen LogP contribution in [0.2, 0.25) is 0 Å². The van der Waals surface area contributed by atoms with Crippen molar-refractivity contribution in [3.05, 3.63) is 35.1 Å². The molecular weight excluding hydrogens is 262 g/mol. The first-order chi connectivity index (χ1) is 8.88. The predicted molar refractivity (Wildman–Crippen MR) is 61.3 cm³/mol. The third-order valence-electron chi connectivity index (χ3n) is 3.01. The standard InChI is InChI=1S/C13H13F4NO/c14-11-4-3-9(5-10(11)13(15,16)17)12(19)7-18-6-8-1-2-8/h3-5,8,18H,1-2,6-7H2. The molecule has 0 spiro atoms. The van der Waals surface area contributed by atoms with Crippen molar-refractivity contribution in [2.24, 2.45) is 5.92 Å². The highest BCUT2D eigenvalue weighted by molar-refractivity contribution is 5.97. The van der Waals surface area contributed by atoms with E-state index in [-0.39, 0.29) is 12.1 Å². The minimum Gasteiger partial charge on any atom is -0.309 e. The lowest BCUT2D eigenvalue weighted by molar-refractivity contribution is -0.140. The fourth-order valence-electron chi connectivity index (χ4n) is 1.73. The van der Waals surface area contributed by atoms with Crippen molar-refractivity contribution in [2.75, 3.05) is 13.1 Å². The first-order valence-corrected chi connectivity index (χ1v) is 5.98. The van der Waals surface area contributed by atoms with Gasteiger partial charge in [0, 0.05) is 5.56 Å². The zero-order valence-corrected chi connectivity index (χ0v) is 10.1. The summed E-state index contributed by atoms with van der Waals surface area (Å²) < 4.78 is 50.5. The van der Waals surface area contributed by atoms with E-state index in [2.05, 4.69) is 5.32 Å². The van der Waals surface area contributed by atoms with E-state index in [0.717, 1.165) is 18.9 Å². The van der Waals surface area contributed by atoms with Crippen LogP contribution in [0.15, 0.2) is 18.2 Å². The number of Topliss-reactive ketones (excluding diaryl/α,β-unsaturated/α-hetero) is 1. The number of rotatable bonds is 5. The van der Waals surface area contributed by atoms with Crippen molar-refractivity contribution in [3.8, 4) is 0 Å². The lowest BCUT2D eigenvalue weighted by Crippen LogP contribution is -2.25. The van der Waals surface area contributed by atoms with Crippen molar-refractivity contribution in [3.63, 3.8) is 0 Å². The number of hydrogen-bond acceptors (Lipinski definition) is 2. The van der Waals surface area contributed by atoms with Gasteiger partial charge in [-0.2, -0.15) is 13.2 Å². The highest BCUT2D eigenvalue weighted by atomic mass is 19.4. The molecule has 104 valence electrons. The van der Waals surface area contributed by atoms with Crippen molar-refractivity contribution in [1.82, 2.24) is 5.32 Å². The Labute approximate surface area is 107 Å². The number of halogens is 4. The van der Waals surface area contributed by atoms with Gasteiger partial charge in [0.05, 0.1) is 12.1 Å². The summed E-state index contributed by atoms with van der Waals surface area (Å²) in [6.07, 6.45) is -2.55. The van der Waals surface area contributed by atoms with Crippen LogP contribution >= 0.6 is 0 Å². The summed E-state index contributed by atoms with van der Waals surface area (Å²) in [5, 5.41) is 2.89. The molecule has 1 fully saturated rings. The summed E-state index contributed by atoms with van der Waals surface area (Å²) in [6.45, 7) is 0.665. The molecule has 0 saturated heterocycles. The van der Waals surface area contributed by atoms with Gasteiger partial charge in [-0.1, -0.05) is 0 Å². The van der Waals surface area contributed by atoms with Crippen LogP contribution in [0.25, 0.3) is 0 Å². The molecule has 19 heavy (non-hydrogen) atoms. The van der Waals surface area contributed by atoms with E-state index in [9.17, 15) is 22.4 Å². The van der Waals surface area contributed by atoms with Crippen molar-refractivity contribution in [1.29, 1.82) is 0 Å². The highest BCUT2D eigenvalue weighted by Gasteiger charge is 2.34. The van der Waals surface area contributed by atoms with Crippen LogP contribution < -0.4 is 5.32 Å². The van der Waals surface area contributed by atoms with Crippen LogP contribution in [0.5, 0.6) is 0 Å². The van der Waals surface area contributed by atoms with Gasteiger partial charge >= 0.3 is 6.18 Å². The maximum absolute atomic E-state index is 13.0.